The van der Waals surface area contributed by atoms with Crippen LogP contribution in [0.3, 0.4) is 0 Å². The molecule has 1 atom stereocenters. The smallest absolute Gasteiger partial charge is 0.309 e. The maximum atomic E-state index is 12.3. The summed E-state index contributed by atoms with van der Waals surface area (Å²) in [5.41, 5.74) is 1.88. The molecule has 2 aromatic carbocycles. The molecular weight excluding hydrogens is 318 g/mol. The first-order valence-corrected chi connectivity index (χ1v) is 8.32. The van der Waals surface area contributed by atoms with Crippen molar-refractivity contribution in [3.8, 4) is 5.75 Å². The zero-order chi connectivity index (χ0) is 17.6. The van der Waals surface area contributed by atoms with Crippen LogP contribution in [0.4, 0.5) is 0 Å². The Hall–Kier alpha value is -2.82. The lowest BCUT2D eigenvalue weighted by Gasteiger charge is -2.20. The van der Waals surface area contributed by atoms with E-state index in [1.807, 2.05) is 54.6 Å². The van der Waals surface area contributed by atoms with E-state index in [9.17, 15) is 9.59 Å². The fourth-order valence-corrected chi connectivity index (χ4v) is 2.58. The van der Waals surface area contributed by atoms with E-state index in [1.165, 1.54) is 0 Å². The van der Waals surface area contributed by atoms with Gasteiger partial charge < -0.3 is 14.8 Å². The van der Waals surface area contributed by atoms with Crippen molar-refractivity contribution in [2.24, 2.45) is 5.92 Å². The number of hydrogen-bond donors (Lipinski definition) is 1. The Bertz CT molecular complexity index is 723. The molecule has 0 unspecified atom stereocenters. The van der Waals surface area contributed by atoms with Crippen LogP contribution in [0.5, 0.6) is 5.75 Å². The molecule has 1 aliphatic carbocycles. The van der Waals surface area contributed by atoms with Crippen molar-refractivity contribution >= 4 is 11.9 Å². The van der Waals surface area contributed by atoms with E-state index in [0.717, 1.165) is 29.7 Å². The lowest BCUT2D eigenvalue weighted by Crippen LogP contribution is -2.33. The fraction of sp³-hybridized carbons (Fsp3) is 0.300. The molecule has 2 aromatic rings. The number of ether oxygens (including phenoxy) is 2. The number of carbonyl (C=O) groups is 2. The number of carbonyl (C=O) groups excluding carboxylic acids is 2. The molecule has 1 N–H and O–H groups in total. The molecule has 0 spiro atoms. The van der Waals surface area contributed by atoms with E-state index in [1.54, 1.807) is 7.11 Å². The van der Waals surface area contributed by atoms with Gasteiger partial charge in [0.05, 0.1) is 19.1 Å². The second kappa shape index (κ2) is 7.83. The molecule has 3 rings (SSSR count). The Labute approximate surface area is 147 Å². The molecule has 1 amide bonds. The van der Waals surface area contributed by atoms with Crippen LogP contribution in [0, 0.1) is 5.92 Å². The van der Waals surface area contributed by atoms with Crippen LogP contribution in [0.2, 0.25) is 0 Å². The molecule has 1 saturated carbocycles. The fourth-order valence-electron chi connectivity index (χ4n) is 2.58. The molecular formula is C20H21NO4. The molecule has 0 bridgehead atoms. The summed E-state index contributed by atoms with van der Waals surface area (Å²) >= 11 is 0. The molecule has 1 fully saturated rings. The first-order chi connectivity index (χ1) is 12.2. The van der Waals surface area contributed by atoms with Gasteiger partial charge in [0.2, 0.25) is 0 Å². The van der Waals surface area contributed by atoms with Gasteiger partial charge in [-0.2, -0.15) is 0 Å². The zero-order valence-corrected chi connectivity index (χ0v) is 14.1. The maximum absolute atomic E-state index is 12.3. The Balaban J connectivity index is 1.71. The highest BCUT2D eigenvalue weighted by Gasteiger charge is 2.31. The SMILES string of the molecule is COc1ccc([C@H](NC(=O)COC(=O)C2CC2)c2ccccc2)cc1. The van der Waals surface area contributed by atoms with Crippen LogP contribution in [0.15, 0.2) is 54.6 Å². The predicted octanol–water partition coefficient (Wildman–Crippen LogP) is 2.85. The Morgan fingerprint density at radius 3 is 2.28 bits per heavy atom. The second-order valence-electron chi connectivity index (χ2n) is 6.07. The summed E-state index contributed by atoms with van der Waals surface area (Å²) in [5, 5.41) is 2.94. The standard InChI is InChI=1S/C20H21NO4/c1-24-17-11-9-15(10-12-17)19(14-5-3-2-4-6-14)21-18(22)13-25-20(23)16-7-8-16/h2-6,9-12,16,19H,7-8,13H2,1H3,(H,21,22)/t19-/m1/s1. The maximum Gasteiger partial charge on any atom is 0.309 e. The third kappa shape index (κ3) is 4.59. The summed E-state index contributed by atoms with van der Waals surface area (Å²) in [6, 6.07) is 16.9. The van der Waals surface area contributed by atoms with Crippen LogP contribution < -0.4 is 10.1 Å². The van der Waals surface area contributed by atoms with Gasteiger partial charge in [0.15, 0.2) is 6.61 Å². The average molecular weight is 339 g/mol. The van der Waals surface area contributed by atoms with Gasteiger partial charge in [-0.25, -0.2) is 0 Å². The Morgan fingerprint density at radius 2 is 1.68 bits per heavy atom. The third-order valence-electron chi connectivity index (χ3n) is 4.14. The monoisotopic (exact) mass is 339 g/mol. The van der Waals surface area contributed by atoms with Gasteiger partial charge in [-0.3, -0.25) is 9.59 Å². The van der Waals surface area contributed by atoms with E-state index in [4.69, 9.17) is 9.47 Å². The van der Waals surface area contributed by atoms with Crippen molar-refractivity contribution in [3.63, 3.8) is 0 Å². The van der Waals surface area contributed by atoms with E-state index in [2.05, 4.69) is 5.32 Å². The number of amides is 1. The van der Waals surface area contributed by atoms with E-state index < -0.39 is 0 Å². The zero-order valence-electron chi connectivity index (χ0n) is 14.1. The van der Waals surface area contributed by atoms with Gasteiger partial charge in [-0.1, -0.05) is 42.5 Å². The molecule has 0 heterocycles. The van der Waals surface area contributed by atoms with E-state index >= 15 is 0 Å². The van der Waals surface area contributed by atoms with E-state index in [-0.39, 0.29) is 30.4 Å². The molecule has 0 aliphatic heterocycles. The quantitative estimate of drug-likeness (QED) is 0.788. The van der Waals surface area contributed by atoms with Crippen molar-refractivity contribution < 1.29 is 19.1 Å². The van der Waals surface area contributed by atoms with Gasteiger partial charge in [-0.05, 0) is 36.1 Å². The molecule has 130 valence electrons. The van der Waals surface area contributed by atoms with Gasteiger partial charge in [0.25, 0.3) is 5.91 Å². The lowest BCUT2D eigenvalue weighted by molar-refractivity contribution is -0.149. The molecule has 5 nitrogen and oxygen atoms in total. The number of benzene rings is 2. The summed E-state index contributed by atoms with van der Waals surface area (Å²) in [7, 11) is 1.61. The van der Waals surface area contributed by atoms with Crippen LogP contribution >= 0.6 is 0 Å². The van der Waals surface area contributed by atoms with Crippen LogP contribution in [-0.4, -0.2) is 25.6 Å². The minimum Gasteiger partial charge on any atom is -0.497 e. The van der Waals surface area contributed by atoms with Gasteiger partial charge in [0, 0.05) is 0 Å². The summed E-state index contributed by atoms with van der Waals surface area (Å²) in [6.45, 7) is -0.255. The molecule has 5 heteroatoms. The van der Waals surface area contributed by atoms with Crippen LogP contribution in [0.25, 0.3) is 0 Å². The first kappa shape index (κ1) is 17.0. The minimum absolute atomic E-state index is 0.0145. The van der Waals surface area contributed by atoms with Crippen LogP contribution in [-0.2, 0) is 14.3 Å². The largest absolute Gasteiger partial charge is 0.497 e. The summed E-state index contributed by atoms with van der Waals surface area (Å²) in [4.78, 5) is 23.8. The highest BCUT2D eigenvalue weighted by atomic mass is 16.5. The summed E-state index contributed by atoms with van der Waals surface area (Å²) < 4.78 is 10.3. The number of esters is 1. The number of methoxy groups -OCH3 is 1. The molecule has 0 radical (unpaired) electrons. The van der Waals surface area contributed by atoms with Crippen molar-refractivity contribution in [1.82, 2.24) is 5.32 Å². The van der Waals surface area contributed by atoms with E-state index in [0.29, 0.717) is 0 Å². The Kier molecular flexibility index (Phi) is 5.33. The van der Waals surface area contributed by atoms with Crippen molar-refractivity contribution in [2.75, 3.05) is 13.7 Å². The minimum atomic E-state index is -0.321. The van der Waals surface area contributed by atoms with Gasteiger partial charge in [-0.15, -0.1) is 0 Å². The highest BCUT2D eigenvalue weighted by Crippen LogP contribution is 2.30. The summed E-state index contributed by atoms with van der Waals surface area (Å²) in [5.74, 6) is 0.133. The average Bonchev–Trinajstić information content (AvgIpc) is 3.50. The molecule has 0 saturated heterocycles. The third-order valence-corrected chi connectivity index (χ3v) is 4.14. The van der Waals surface area contributed by atoms with Gasteiger partial charge in [0.1, 0.15) is 5.75 Å². The molecule has 1 aliphatic rings. The number of rotatable bonds is 7. The normalized spacial score (nSPS) is 14.4. The molecule has 25 heavy (non-hydrogen) atoms. The number of nitrogens with one attached hydrogen (secondary N) is 1. The number of hydrogen-bond acceptors (Lipinski definition) is 4. The summed E-state index contributed by atoms with van der Waals surface area (Å²) in [6.07, 6.45) is 1.72. The topological polar surface area (TPSA) is 64.6 Å². The second-order valence-corrected chi connectivity index (χ2v) is 6.07. The molecule has 0 aromatic heterocycles. The highest BCUT2D eigenvalue weighted by molar-refractivity contribution is 5.82. The lowest BCUT2D eigenvalue weighted by atomic mass is 9.98. The van der Waals surface area contributed by atoms with Crippen molar-refractivity contribution in [1.29, 1.82) is 0 Å². The predicted molar refractivity (Wildman–Crippen MR) is 93.1 cm³/mol. The van der Waals surface area contributed by atoms with Crippen molar-refractivity contribution in [3.05, 3.63) is 65.7 Å². The van der Waals surface area contributed by atoms with Gasteiger partial charge >= 0.3 is 5.97 Å². The van der Waals surface area contributed by atoms with Crippen molar-refractivity contribution in [2.45, 2.75) is 18.9 Å². The first-order valence-electron chi connectivity index (χ1n) is 8.32. The Morgan fingerprint density at radius 1 is 1.04 bits per heavy atom. The van der Waals surface area contributed by atoms with Crippen LogP contribution in [0.1, 0.15) is 30.0 Å².